The van der Waals surface area contributed by atoms with Crippen LogP contribution >= 0.6 is 0 Å². The highest BCUT2D eigenvalue weighted by atomic mass is 19.1. The normalized spacial score (nSPS) is 7.57. The average molecular weight is 100 g/mol. The second-order valence-corrected chi connectivity index (χ2v) is 1.24. The monoisotopic (exact) mass is 100 g/mol. The fourth-order valence-electron chi connectivity index (χ4n) is 0.281. The maximum atomic E-state index is 11.2. The molecule has 0 nitrogen and oxygen atoms in total. The molecule has 0 unspecified atom stereocenters. The molecule has 0 atom stereocenters. The van der Waals surface area contributed by atoms with Crippen LogP contribution in [0.3, 0.4) is 0 Å². The largest absolute Gasteiger partial charge is 0.251 e. The Morgan fingerprint density at radius 3 is 2.86 bits per heavy atom. The van der Waals surface area contributed by atoms with E-state index in [1.165, 1.54) is 0 Å². The Morgan fingerprint density at radius 2 is 2.43 bits per heavy atom. The Morgan fingerprint density at radius 1 is 1.71 bits per heavy atom. The van der Waals surface area contributed by atoms with Crippen LogP contribution in [0.1, 0.15) is 12.8 Å². The summed E-state index contributed by atoms with van der Waals surface area (Å²) in [4.78, 5) is 0. The van der Waals surface area contributed by atoms with E-state index in [2.05, 4.69) is 12.3 Å². The van der Waals surface area contributed by atoms with Crippen LogP contribution in [0.4, 0.5) is 4.39 Å². The summed E-state index contributed by atoms with van der Waals surface area (Å²) in [6.07, 6.45) is 3.10. The van der Waals surface area contributed by atoms with Crippen molar-refractivity contribution in [1.82, 2.24) is 0 Å². The molecule has 0 aromatic heterocycles. The first-order chi connectivity index (χ1) is 3.41. The number of hydrogen-bond acceptors (Lipinski definition) is 0. The van der Waals surface area contributed by atoms with E-state index < -0.39 is 0 Å². The quantitative estimate of drug-likeness (QED) is 0.376. The molecule has 0 aliphatic carbocycles. The van der Waals surface area contributed by atoms with E-state index in [4.69, 9.17) is 0 Å². The molecule has 0 amide bonds. The average Bonchev–Trinajstić information content (AvgIpc) is 1.69. The van der Waals surface area contributed by atoms with Crippen LogP contribution in [0.25, 0.3) is 0 Å². The van der Waals surface area contributed by atoms with Gasteiger partial charge in [-0.2, -0.15) is 0 Å². The summed E-state index contributed by atoms with van der Waals surface area (Å²) >= 11 is 0. The molecular formula is C6H9F. The maximum absolute atomic E-state index is 11.2. The third kappa shape index (κ3) is 5.45. The Labute approximate surface area is 43.4 Å². The van der Waals surface area contributed by atoms with Crippen molar-refractivity contribution in [3.05, 3.63) is 18.4 Å². The minimum Gasteiger partial charge on any atom is -0.251 e. The minimum atomic E-state index is -0.238. The molecule has 7 heavy (non-hydrogen) atoms. The number of halogens is 1. The predicted octanol–water partition coefficient (Wildman–Crippen LogP) is 2.08. The third-order valence-corrected chi connectivity index (χ3v) is 0.626. The molecule has 0 saturated heterocycles. The van der Waals surface area contributed by atoms with Gasteiger partial charge in [0.2, 0.25) is 0 Å². The van der Waals surface area contributed by atoms with E-state index in [9.17, 15) is 4.39 Å². The van der Waals surface area contributed by atoms with Gasteiger partial charge in [-0.15, -0.1) is 5.73 Å². The first-order valence-corrected chi connectivity index (χ1v) is 2.32. The summed E-state index contributed by atoms with van der Waals surface area (Å²) in [5.41, 5.74) is 2.56. The summed E-state index contributed by atoms with van der Waals surface area (Å²) < 4.78 is 11.2. The van der Waals surface area contributed by atoms with Gasteiger partial charge < -0.3 is 0 Å². The standard InChI is InChI=1S/C6H9F/c1-2-3-4-5-6-7/h3H,1,4-6H2. The van der Waals surface area contributed by atoms with E-state index in [-0.39, 0.29) is 6.67 Å². The highest BCUT2D eigenvalue weighted by molar-refractivity contribution is 4.74. The van der Waals surface area contributed by atoms with Crippen LogP contribution < -0.4 is 0 Å². The van der Waals surface area contributed by atoms with Crippen molar-refractivity contribution in [3.8, 4) is 0 Å². The lowest BCUT2D eigenvalue weighted by molar-refractivity contribution is 0.476. The van der Waals surface area contributed by atoms with Crippen molar-refractivity contribution in [1.29, 1.82) is 0 Å². The Hall–Kier alpha value is -0.550. The van der Waals surface area contributed by atoms with Gasteiger partial charge in [0, 0.05) is 0 Å². The van der Waals surface area contributed by atoms with Crippen LogP contribution in [0.15, 0.2) is 18.4 Å². The van der Waals surface area contributed by atoms with Gasteiger partial charge in [-0.3, -0.25) is 4.39 Å². The maximum Gasteiger partial charge on any atom is 0.0897 e. The van der Waals surface area contributed by atoms with Gasteiger partial charge in [-0.25, -0.2) is 0 Å². The van der Waals surface area contributed by atoms with Crippen molar-refractivity contribution < 1.29 is 4.39 Å². The van der Waals surface area contributed by atoms with Gasteiger partial charge in [0.15, 0.2) is 0 Å². The Kier molecular flexibility index (Phi) is 5.02. The third-order valence-electron chi connectivity index (χ3n) is 0.626. The van der Waals surface area contributed by atoms with Gasteiger partial charge in [-0.1, -0.05) is 6.58 Å². The van der Waals surface area contributed by atoms with Gasteiger partial charge in [0.05, 0.1) is 6.67 Å². The van der Waals surface area contributed by atoms with Crippen LogP contribution in [0.5, 0.6) is 0 Å². The van der Waals surface area contributed by atoms with Crippen LogP contribution in [0, 0.1) is 0 Å². The molecule has 0 aliphatic heterocycles. The van der Waals surface area contributed by atoms with E-state index in [1.54, 1.807) is 6.08 Å². The molecular weight excluding hydrogens is 91.1 g/mol. The van der Waals surface area contributed by atoms with E-state index in [0.29, 0.717) is 6.42 Å². The van der Waals surface area contributed by atoms with E-state index in [0.717, 1.165) is 6.42 Å². The van der Waals surface area contributed by atoms with Gasteiger partial charge in [0.25, 0.3) is 0 Å². The summed E-state index contributed by atoms with van der Waals surface area (Å²) in [5.74, 6) is 0. The molecule has 0 aliphatic rings. The molecule has 0 N–H and O–H groups in total. The molecule has 0 rings (SSSR count). The molecule has 0 aromatic carbocycles. The van der Waals surface area contributed by atoms with Crippen molar-refractivity contribution >= 4 is 0 Å². The summed E-state index contributed by atoms with van der Waals surface area (Å²) in [7, 11) is 0. The van der Waals surface area contributed by atoms with Crippen molar-refractivity contribution in [2.24, 2.45) is 0 Å². The second-order valence-electron chi connectivity index (χ2n) is 1.24. The molecule has 0 radical (unpaired) electrons. The number of allylic oxidation sites excluding steroid dienone is 1. The smallest absolute Gasteiger partial charge is 0.0897 e. The zero-order valence-corrected chi connectivity index (χ0v) is 4.28. The zero-order chi connectivity index (χ0) is 5.54. The number of alkyl halides is 1. The molecule has 0 spiro atoms. The van der Waals surface area contributed by atoms with Crippen molar-refractivity contribution in [2.45, 2.75) is 12.8 Å². The lowest BCUT2D eigenvalue weighted by atomic mass is 10.3. The lowest BCUT2D eigenvalue weighted by Crippen LogP contribution is -1.69. The fraction of sp³-hybridized carbons (Fsp3) is 0.500. The van der Waals surface area contributed by atoms with Crippen LogP contribution in [-0.4, -0.2) is 6.67 Å². The number of unbranched alkanes of at least 4 members (excludes halogenated alkanes) is 1. The summed E-state index contributed by atoms with van der Waals surface area (Å²) in [5, 5.41) is 0. The highest BCUT2D eigenvalue weighted by Gasteiger charge is 1.75. The van der Waals surface area contributed by atoms with Gasteiger partial charge >= 0.3 is 0 Å². The molecule has 0 fully saturated rings. The molecule has 0 saturated carbocycles. The minimum absolute atomic E-state index is 0.238. The van der Waals surface area contributed by atoms with E-state index in [1.807, 2.05) is 0 Å². The van der Waals surface area contributed by atoms with Crippen molar-refractivity contribution in [2.75, 3.05) is 6.67 Å². The summed E-state index contributed by atoms with van der Waals surface area (Å²) in [6, 6.07) is 0. The number of hydrogen-bond donors (Lipinski definition) is 0. The summed E-state index contributed by atoms with van der Waals surface area (Å²) in [6.45, 7) is 3.09. The first kappa shape index (κ1) is 6.45. The molecule has 0 aromatic rings. The van der Waals surface area contributed by atoms with Crippen LogP contribution in [-0.2, 0) is 0 Å². The Bertz CT molecular complexity index is 70.2. The lowest BCUT2D eigenvalue weighted by Gasteiger charge is -1.79. The van der Waals surface area contributed by atoms with Crippen LogP contribution in [0.2, 0.25) is 0 Å². The van der Waals surface area contributed by atoms with Gasteiger partial charge in [-0.05, 0) is 18.9 Å². The predicted molar refractivity (Wildman–Crippen MR) is 28.9 cm³/mol. The first-order valence-electron chi connectivity index (χ1n) is 2.32. The van der Waals surface area contributed by atoms with E-state index >= 15 is 0 Å². The van der Waals surface area contributed by atoms with Crippen molar-refractivity contribution in [3.63, 3.8) is 0 Å². The second kappa shape index (κ2) is 5.45. The fourth-order valence-corrected chi connectivity index (χ4v) is 0.281. The molecule has 1 heteroatoms. The number of rotatable bonds is 3. The highest BCUT2D eigenvalue weighted by Crippen LogP contribution is 1.87. The van der Waals surface area contributed by atoms with Gasteiger partial charge in [0.1, 0.15) is 0 Å². The Balaban J connectivity index is 2.83. The molecule has 40 valence electrons. The zero-order valence-electron chi connectivity index (χ0n) is 4.28. The topological polar surface area (TPSA) is 0 Å². The molecule has 0 bridgehead atoms. The SMILES string of the molecule is C=C=CCCCF. The molecule has 0 heterocycles.